The summed E-state index contributed by atoms with van der Waals surface area (Å²) in [4.78, 5) is 26.9. The van der Waals surface area contributed by atoms with Crippen molar-refractivity contribution in [1.29, 1.82) is 0 Å². The van der Waals surface area contributed by atoms with Crippen LogP contribution in [0.1, 0.15) is 44.3 Å². The van der Waals surface area contributed by atoms with Crippen molar-refractivity contribution in [2.45, 2.75) is 41.2 Å². The normalized spacial score (nSPS) is 10.7. The fourth-order valence-corrected chi connectivity index (χ4v) is 2.49. The molecule has 0 aliphatic rings. The van der Waals surface area contributed by atoms with Crippen LogP contribution in [-0.4, -0.2) is 10.9 Å². The highest BCUT2D eigenvalue weighted by molar-refractivity contribution is 5.96. The Balaban J connectivity index is 2.21. The molecule has 21 heavy (non-hydrogen) atoms. The van der Waals surface area contributed by atoms with E-state index in [1.807, 2.05) is 33.8 Å². The number of hydrogen-bond donors (Lipinski definition) is 2. The van der Waals surface area contributed by atoms with Crippen molar-refractivity contribution in [3.8, 4) is 0 Å². The van der Waals surface area contributed by atoms with Crippen LogP contribution in [0.15, 0.2) is 15.3 Å². The standard InChI is InChI=1S/C16H20N2O3/c1-8-6-9(2)18-15(19)13(8)7-17-16(20)14-10(3)11(4)21-12(14)5/h6H,7H2,1-5H3,(H,17,20)(H,18,19). The topological polar surface area (TPSA) is 75.1 Å². The van der Waals surface area contributed by atoms with Gasteiger partial charge in [-0.05, 0) is 46.2 Å². The Morgan fingerprint density at radius 1 is 1.19 bits per heavy atom. The molecule has 1 amide bonds. The molecule has 0 unspecified atom stereocenters. The van der Waals surface area contributed by atoms with Gasteiger partial charge in [0.15, 0.2) is 0 Å². The van der Waals surface area contributed by atoms with Crippen molar-refractivity contribution in [3.05, 3.63) is 55.9 Å². The lowest BCUT2D eigenvalue weighted by Gasteiger charge is -2.08. The number of carbonyl (C=O) groups excluding carboxylic acids is 1. The van der Waals surface area contributed by atoms with Crippen LogP contribution >= 0.6 is 0 Å². The van der Waals surface area contributed by atoms with E-state index in [2.05, 4.69) is 10.3 Å². The number of amides is 1. The third-order valence-corrected chi connectivity index (χ3v) is 3.71. The first kappa shape index (κ1) is 15.1. The van der Waals surface area contributed by atoms with Crippen LogP contribution in [0.5, 0.6) is 0 Å². The Morgan fingerprint density at radius 3 is 2.38 bits per heavy atom. The molecule has 0 spiro atoms. The van der Waals surface area contributed by atoms with Crippen LogP contribution in [0, 0.1) is 34.6 Å². The third-order valence-electron chi connectivity index (χ3n) is 3.71. The number of aromatic nitrogens is 1. The van der Waals surface area contributed by atoms with Crippen molar-refractivity contribution in [2.24, 2.45) is 0 Å². The first-order valence-corrected chi connectivity index (χ1v) is 6.85. The van der Waals surface area contributed by atoms with E-state index in [1.165, 1.54) is 0 Å². The van der Waals surface area contributed by atoms with E-state index in [0.717, 1.165) is 22.6 Å². The van der Waals surface area contributed by atoms with Gasteiger partial charge in [-0.15, -0.1) is 0 Å². The molecular weight excluding hydrogens is 268 g/mol. The van der Waals surface area contributed by atoms with Gasteiger partial charge in [-0.3, -0.25) is 9.59 Å². The Hall–Kier alpha value is -2.30. The van der Waals surface area contributed by atoms with Crippen molar-refractivity contribution < 1.29 is 9.21 Å². The lowest BCUT2D eigenvalue weighted by molar-refractivity contribution is 0.0948. The molecule has 0 fully saturated rings. The first-order valence-electron chi connectivity index (χ1n) is 6.85. The molecule has 0 atom stereocenters. The van der Waals surface area contributed by atoms with Gasteiger partial charge in [-0.25, -0.2) is 0 Å². The molecule has 2 aromatic heterocycles. The van der Waals surface area contributed by atoms with Gasteiger partial charge in [0.1, 0.15) is 11.5 Å². The molecule has 2 N–H and O–H groups in total. The largest absolute Gasteiger partial charge is 0.466 e. The van der Waals surface area contributed by atoms with Crippen molar-refractivity contribution in [1.82, 2.24) is 10.3 Å². The third kappa shape index (κ3) is 2.91. The number of pyridine rings is 1. The number of aromatic amines is 1. The van der Waals surface area contributed by atoms with Gasteiger partial charge in [0.2, 0.25) is 0 Å². The van der Waals surface area contributed by atoms with E-state index in [1.54, 1.807) is 6.92 Å². The molecular formula is C16H20N2O3. The molecule has 5 nitrogen and oxygen atoms in total. The molecule has 0 saturated carbocycles. The number of furan rings is 1. The quantitative estimate of drug-likeness (QED) is 0.911. The SMILES string of the molecule is Cc1cc(C)c(CNC(=O)c2c(C)oc(C)c2C)c(=O)[nH]1. The summed E-state index contributed by atoms with van der Waals surface area (Å²) in [6.45, 7) is 9.33. The van der Waals surface area contributed by atoms with E-state index in [-0.39, 0.29) is 18.0 Å². The summed E-state index contributed by atoms with van der Waals surface area (Å²) < 4.78 is 5.45. The first-order chi connectivity index (χ1) is 9.81. The number of rotatable bonds is 3. The average molecular weight is 288 g/mol. The maximum absolute atomic E-state index is 12.3. The lowest BCUT2D eigenvalue weighted by Crippen LogP contribution is -2.28. The number of aryl methyl sites for hydroxylation is 4. The molecule has 0 aliphatic heterocycles. The van der Waals surface area contributed by atoms with Crippen molar-refractivity contribution in [2.75, 3.05) is 0 Å². The minimum absolute atomic E-state index is 0.162. The molecule has 0 radical (unpaired) electrons. The van der Waals surface area contributed by atoms with Crippen molar-refractivity contribution >= 4 is 5.91 Å². The van der Waals surface area contributed by atoms with Gasteiger partial charge in [-0.2, -0.15) is 0 Å². The van der Waals surface area contributed by atoms with Gasteiger partial charge >= 0.3 is 0 Å². The summed E-state index contributed by atoms with van der Waals surface area (Å²) in [6, 6.07) is 1.89. The molecule has 0 saturated heterocycles. The van der Waals surface area contributed by atoms with E-state index in [0.29, 0.717) is 16.9 Å². The Morgan fingerprint density at radius 2 is 1.86 bits per heavy atom. The fourth-order valence-electron chi connectivity index (χ4n) is 2.49. The van der Waals surface area contributed by atoms with Crippen LogP contribution in [0.2, 0.25) is 0 Å². The minimum Gasteiger partial charge on any atom is -0.466 e. The van der Waals surface area contributed by atoms with E-state index in [4.69, 9.17) is 4.42 Å². The predicted molar refractivity (Wildman–Crippen MR) is 80.6 cm³/mol. The molecule has 5 heteroatoms. The lowest BCUT2D eigenvalue weighted by atomic mass is 10.1. The summed E-state index contributed by atoms with van der Waals surface area (Å²) >= 11 is 0. The minimum atomic E-state index is -0.221. The van der Waals surface area contributed by atoms with Gasteiger partial charge in [0.25, 0.3) is 11.5 Å². The molecule has 2 heterocycles. The van der Waals surface area contributed by atoms with E-state index < -0.39 is 0 Å². The maximum Gasteiger partial charge on any atom is 0.255 e. The zero-order valence-corrected chi connectivity index (χ0v) is 13.0. The van der Waals surface area contributed by atoms with Gasteiger partial charge in [0.05, 0.1) is 5.56 Å². The number of hydrogen-bond acceptors (Lipinski definition) is 3. The summed E-state index contributed by atoms with van der Waals surface area (Å²) in [5.41, 5.74) is 3.47. The van der Waals surface area contributed by atoms with Crippen LogP contribution < -0.4 is 10.9 Å². The average Bonchev–Trinajstić information content (AvgIpc) is 2.61. The van der Waals surface area contributed by atoms with Crippen molar-refractivity contribution in [3.63, 3.8) is 0 Å². The Labute approximate surface area is 123 Å². The smallest absolute Gasteiger partial charge is 0.255 e. The highest BCUT2D eigenvalue weighted by Crippen LogP contribution is 2.20. The maximum atomic E-state index is 12.3. The Bertz CT molecular complexity index is 754. The molecule has 2 aromatic rings. The van der Waals surface area contributed by atoms with E-state index in [9.17, 15) is 9.59 Å². The molecule has 0 aromatic carbocycles. The Kier molecular flexibility index (Phi) is 4.02. The van der Waals surface area contributed by atoms with Crippen LogP contribution in [-0.2, 0) is 6.54 Å². The second-order valence-corrected chi connectivity index (χ2v) is 5.34. The summed E-state index contributed by atoms with van der Waals surface area (Å²) in [5.74, 6) is 1.11. The number of nitrogens with one attached hydrogen (secondary N) is 2. The summed E-state index contributed by atoms with van der Waals surface area (Å²) in [7, 11) is 0. The number of H-pyrrole nitrogens is 1. The monoisotopic (exact) mass is 288 g/mol. The van der Waals surface area contributed by atoms with Gasteiger partial charge in [0, 0.05) is 23.4 Å². The molecule has 112 valence electrons. The highest BCUT2D eigenvalue weighted by Gasteiger charge is 2.18. The second kappa shape index (κ2) is 5.60. The van der Waals surface area contributed by atoms with Crippen LogP contribution in [0.25, 0.3) is 0 Å². The van der Waals surface area contributed by atoms with E-state index >= 15 is 0 Å². The summed E-state index contributed by atoms with van der Waals surface area (Å²) in [5, 5.41) is 2.79. The summed E-state index contributed by atoms with van der Waals surface area (Å²) in [6.07, 6.45) is 0. The highest BCUT2D eigenvalue weighted by atomic mass is 16.3. The zero-order chi connectivity index (χ0) is 15.7. The predicted octanol–water partition coefficient (Wildman–Crippen LogP) is 2.44. The molecule has 0 aliphatic carbocycles. The number of carbonyl (C=O) groups is 1. The molecule has 2 rings (SSSR count). The van der Waals surface area contributed by atoms with Gasteiger partial charge in [-0.1, -0.05) is 0 Å². The van der Waals surface area contributed by atoms with Crippen LogP contribution in [0.4, 0.5) is 0 Å². The molecule has 0 bridgehead atoms. The zero-order valence-electron chi connectivity index (χ0n) is 13.0. The second-order valence-electron chi connectivity index (χ2n) is 5.34. The fraction of sp³-hybridized carbons (Fsp3) is 0.375. The van der Waals surface area contributed by atoms with Gasteiger partial charge < -0.3 is 14.7 Å². The van der Waals surface area contributed by atoms with Crippen LogP contribution in [0.3, 0.4) is 0 Å².